The Bertz CT molecular complexity index is 2470. The maximum absolute atomic E-state index is 11.9. The van der Waals surface area contributed by atoms with Gasteiger partial charge in [-0.3, -0.25) is 9.55 Å². The summed E-state index contributed by atoms with van der Waals surface area (Å²) >= 11 is 0. The summed E-state index contributed by atoms with van der Waals surface area (Å²) in [6.07, 6.45) is 13.1. The Labute approximate surface area is 328 Å². The van der Waals surface area contributed by atoms with Crippen LogP contribution in [0.25, 0.3) is 50.0 Å². The Morgan fingerprint density at radius 2 is 1.38 bits per heavy atom. The van der Waals surface area contributed by atoms with Gasteiger partial charge in [0.15, 0.2) is 0 Å². The molecule has 3 aromatic carbocycles. The van der Waals surface area contributed by atoms with E-state index >= 15 is 0 Å². The quantitative estimate of drug-likeness (QED) is 0.138. The van der Waals surface area contributed by atoms with Gasteiger partial charge in [-0.05, 0) is 75.9 Å². The fourth-order valence-corrected chi connectivity index (χ4v) is 7.30. The van der Waals surface area contributed by atoms with Gasteiger partial charge in [0.05, 0.1) is 16.7 Å². The molecule has 7 rings (SSSR count). The molecule has 274 valence electrons. The molecule has 0 aliphatic carbocycles. The van der Waals surface area contributed by atoms with Crippen molar-refractivity contribution in [2.45, 2.75) is 98.1 Å². The van der Waals surface area contributed by atoms with E-state index in [0.29, 0.717) is 5.69 Å². The van der Waals surface area contributed by atoms with Crippen molar-refractivity contribution in [1.82, 2.24) is 19.1 Å². The van der Waals surface area contributed by atoms with Crippen molar-refractivity contribution in [3.63, 3.8) is 0 Å². The van der Waals surface area contributed by atoms with E-state index in [0.717, 1.165) is 49.9 Å². The molecule has 0 atom stereocenters. The Hall–Kier alpha value is -4.54. The summed E-state index contributed by atoms with van der Waals surface area (Å²) in [7, 11) is 0. The molecule has 0 aliphatic rings. The molecule has 0 spiro atoms. The Morgan fingerprint density at radius 3 is 2.08 bits per heavy atom. The van der Waals surface area contributed by atoms with Crippen LogP contribution >= 0.6 is 0 Å². The van der Waals surface area contributed by atoms with E-state index < -0.39 is 5.66 Å². The zero-order valence-electron chi connectivity index (χ0n) is 32.7. The van der Waals surface area contributed by atoms with Crippen molar-refractivity contribution in [3.8, 4) is 33.8 Å². The van der Waals surface area contributed by atoms with Gasteiger partial charge in [-0.15, -0.1) is 5.56 Å². The molecule has 0 amide bonds. The molecule has 4 heterocycles. The minimum atomic E-state index is -0.691. The number of imidazole rings is 1. The summed E-state index contributed by atoms with van der Waals surface area (Å²) in [6.45, 7) is 24.2. The predicted octanol–water partition coefficient (Wildman–Crippen LogP) is 10.4. The number of nitrogens with zero attached hydrogens (tertiary/aromatic N) is 5. The second-order valence-electron chi connectivity index (χ2n) is 17.6. The first-order chi connectivity index (χ1) is 24.4. The van der Waals surface area contributed by atoms with E-state index in [-0.39, 0.29) is 43.1 Å². The molecule has 0 bridgehead atoms. The molecule has 0 fully saturated rings. The van der Waals surface area contributed by atoms with E-state index in [1.807, 2.05) is 35.3 Å². The molecule has 0 radical (unpaired) electrons. The summed E-state index contributed by atoms with van der Waals surface area (Å²) in [5.74, 6) is 0.271. The van der Waals surface area contributed by atoms with E-state index in [1.54, 1.807) is 0 Å². The van der Waals surface area contributed by atoms with Crippen molar-refractivity contribution in [2.24, 2.45) is 0 Å². The van der Waals surface area contributed by atoms with Gasteiger partial charge in [-0.1, -0.05) is 152 Å². The molecule has 7 aromatic rings. The third kappa shape index (κ3) is 6.76. The van der Waals surface area contributed by atoms with Gasteiger partial charge >= 0.3 is 21.1 Å². The van der Waals surface area contributed by atoms with E-state index in [9.17, 15) is 5.11 Å². The first kappa shape index (κ1) is 38.2. The van der Waals surface area contributed by atoms with Crippen molar-refractivity contribution >= 4 is 21.9 Å². The number of phenolic OH excluding ortho intramolecular Hbond substituents is 1. The standard InChI is InChI=1S/C46H50N5O.Pt/c1-43(2,3)31-25-36(45(7,8)9)42(52)41(26-31)49-29-51(40-19-15-14-18-39(40)49)46(10,11)50-28-34(33-27-47-22-21-38(33)50)37-24-30(20-23-48-37)32-16-12-13-17-35(32)44(4,5)6;/h12-27,52H,1-11H3;/q-1;+2. The first-order valence-electron chi connectivity index (χ1n) is 18.2. The van der Waals surface area contributed by atoms with Crippen LogP contribution in [0.2, 0.25) is 0 Å². The van der Waals surface area contributed by atoms with Gasteiger partial charge in [0, 0.05) is 12.4 Å². The van der Waals surface area contributed by atoms with E-state index in [4.69, 9.17) is 4.98 Å². The van der Waals surface area contributed by atoms with Crippen LogP contribution < -0.4 is 4.57 Å². The van der Waals surface area contributed by atoms with Crippen LogP contribution in [0, 0.1) is 12.5 Å². The molecule has 0 aliphatic heterocycles. The fourth-order valence-electron chi connectivity index (χ4n) is 7.30. The van der Waals surface area contributed by atoms with Gasteiger partial charge in [0.2, 0.25) is 6.33 Å². The van der Waals surface area contributed by atoms with Crippen molar-refractivity contribution < 1.29 is 30.7 Å². The number of fused-ring (bicyclic) bond motifs is 2. The molecule has 1 N–H and O–H groups in total. The van der Waals surface area contributed by atoms with Crippen LogP contribution in [0.5, 0.6) is 5.75 Å². The van der Waals surface area contributed by atoms with Crippen LogP contribution in [-0.2, 0) is 43.0 Å². The average molecular weight is 884 g/mol. The molecule has 7 heteroatoms. The van der Waals surface area contributed by atoms with Crippen molar-refractivity contribution in [1.29, 1.82) is 0 Å². The summed E-state index contributed by atoms with van der Waals surface area (Å²) < 4.78 is 6.35. The number of hydrogen-bond acceptors (Lipinski definition) is 3. The van der Waals surface area contributed by atoms with Crippen molar-refractivity contribution in [2.75, 3.05) is 0 Å². The molecule has 6 nitrogen and oxygen atoms in total. The number of pyridine rings is 2. The van der Waals surface area contributed by atoms with Crippen molar-refractivity contribution in [3.05, 3.63) is 127 Å². The zero-order chi connectivity index (χ0) is 37.4. The number of hydrogen-bond donors (Lipinski definition) is 1. The maximum Gasteiger partial charge on any atom is 2.00 e. The van der Waals surface area contributed by atoms with Crippen LogP contribution in [0.4, 0.5) is 0 Å². The summed E-state index contributed by atoms with van der Waals surface area (Å²) in [6, 6.07) is 27.5. The van der Waals surface area contributed by atoms with Gasteiger partial charge in [0.1, 0.15) is 11.4 Å². The van der Waals surface area contributed by atoms with E-state index in [2.05, 4.69) is 170 Å². The van der Waals surface area contributed by atoms with Gasteiger partial charge < -0.3 is 19.2 Å². The second kappa shape index (κ2) is 13.4. The largest absolute Gasteiger partial charge is 2.00 e. The minimum absolute atomic E-state index is 0. The van der Waals surface area contributed by atoms with Gasteiger partial charge in [-0.25, -0.2) is 0 Å². The predicted molar refractivity (Wildman–Crippen MR) is 212 cm³/mol. The fraction of sp³-hybridized carbons (Fsp3) is 0.326. The number of rotatable bonds is 5. The number of aromatic hydroxyl groups is 1. The molecular formula is C46H50N5OPt+. The topological polar surface area (TPSA) is 59.8 Å². The smallest absolute Gasteiger partial charge is 0.513 e. The Morgan fingerprint density at radius 1 is 0.698 bits per heavy atom. The molecule has 0 saturated heterocycles. The van der Waals surface area contributed by atoms with Crippen LogP contribution in [0.3, 0.4) is 0 Å². The normalized spacial score (nSPS) is 12.7. The Balaban J connectivity index is 0.00000481. The third-order valence-corrected chi connectivity index (χ3v) is 10.3. The average Bonchev–Trinajstić information content (AvgIpc) is 3.68. The summed E-state index contributed by atoms with van der Waals surface area (Å²) in [5, 5.41) is 12.9. The third-order valence-electron chi connectivity index (χ3n) is 10.3. The zero-order valence-corrected chi connectivity index (χ0v) is 35.0. The maximum atomic E-state index is 11.9. The minimum Gasteiger partial charge on any atom is -0.513 e. The van der Waals surface area contributed by atoms with E-state index in [1.165, 1.54) is 11.1 Å². The Kier molecular flexibility index (Phi) is 9.65. The monoisotopic (exact) mass is 883 g/mol. The summed E-state index contributed by atoms with van der Waals surface area (Å²) in [4.78, 5) is 9.43. The summed E-state index contributed by atoms with van der Waals surface area (Å²) in [5.41, 5.74) is 9.95. The molecular weight excluding hydrogens is 834 g/mol. The van der Waals surface area contributed by atoms with Crippen LogP contribution in [0.1, 0.15) is 92.9 Å². The number of benzene rings is 3. The number of aromatic nitrogens is 5. The number of phenols is 1. The molecule has 53 heavy (non-hydrogen) atoms. The first-order valence-corrected chi connectivity index (χ1v) is 18.2. The molecule has 4 aromatic heterocycles. The van der Waals surface area contributed by atoms with Gasteiger partial charge in [0.25, 0.3) is 0 Å². The SMILES string of the molecule is CC(C)(C)c1cc(-n2[c-][n+](C(C)(C)n3[c-]c(-c4cc(-c5ccccc5C(C)(C)C)ccn4)c4cnccc43)c3ccccc32)c(O)c(C(C)(C)C)c1.[Pt+2]. The van der Waals surface area contributed by atoms with Crippen LogP contribution in [-0.4, -0.2) is 24.2 Å². The van der Waals surface area contributed by atoms with Gasteiger partial charge in [-0.2, -0.15) is 0 Å². The molecule has 0 unspecified atom stereocenters. The number of para-hydroxylation sites is 2. The second-order valence-corrected chi connectivity index (χ2v) is 17.6. The molecule has 0 saturated carbocycles. The van der Waals surface area contributed by atoms with Crippen LogP contribution in [0.15, 0.2) is 97.5 Å².